The molecule has 0 radical (unpaired) electrons. The van der Waals surface area contributed by atoms with Crippen molar-refractivity contribution in [3.63, 3.8) is 0 Å². The first kappa shape index (κ1) is 19.0. The van der Waals surface area contributed by atoms with Crippen molar-refractivity contribution >= 4 is 29.2 Å². The van der Waals surface area contributed by atoms with E-state index in [0.29, 0.717) is 17.1 Å². The third kappa shape index (κ3) is 4.23. The van der Waals surface area contributed by atoms with E-state index in [1.165, 1.54) is 18.1 Å². The summed E-state index contributed by atoms with van der Waals surface area (Å²) in [4.78, 5) is 36.7. The van der Waals surface area contributed by atoms with Crippen molar-refractivity contribution in [2.75, 3.05) is 10.6 Å². The Morgan fingerprint density at radius 1 is 1.21 bits per heavy atom. The van der Waals surface area contributed by atoms with Crippen molar-refractivity contribution in [2.24, 2.45) is 0 Å². The van der Waals surface area contributed by atoms with Gasteiger partial charge in [0, 0.05) is 5.69 Å². The Labute approximate surface area is 168 Å². The van der Waals surface area contributed by atoms with Crippen molar-refractivity contribution in [1.29, 1.82) is 0 Å². The van der Waals surface area contributed by atoms with Crippen molar-refractivity contribution in [1.82, 2.24) is 0 Å². The topological polar surface area (TPSA) is 93.7 Å². The fraction of sp³-hybridized carbons (Fsp3) is 0.318. The van der Waals surface area contributed by atoms with E-state index in [1.807, 2.05) is 18.2 Å². The van der Waals surface area contributed by atoms with Crippen molar-refractivity contribution in [3.05, 3.63) is 53.6 Å². The maximum Gasteiger partial charge on any atom is 0.310 e. The van der Waals surface area contributed by atoms with E-state index in [-0.39, 0.29) is 6.42 Å². The van der Waals surface area contributed by atoms with Gasteiger partial charge in [-0.3, -0.25) is 14.4 Å². The fourth-order valence-corrected chi connectivity index (χ4v) is 3.57. The number of esters is 1. The minimum Gasteiger partial charge on any atom is -0.478 e. The largest absolute Gasteiger partial charge is 0.478 e. The van der Waals surface area contributed by atoms with Gasteiger partial charge in [-0.1, -0.05) is 18.2 Å². The van der Waals surface area contributed by atoms with Gasteiger partial charge in [0.25, 0.3) is 11.8 Å². The second-order valence-electron chi connectivity index (χ2n) is 7.25. The van der Waals surface area contributed by atoms with Gasteiger partial charge >= 0.3 is 5.97 Å². The smallest absolute Gasteiger partial charge is 0.310 e. The molecule has 7 nitrogen and oxygen atoms in total. The first-order chi connectivity index (χ1) is 14.0. The number of carbonyl (C=O) groups excluding carboxylic acids is 3. The van der Waals surface area contributed by atoms with E-state index in [2.05, 4.69) is 10.6 Å². The lowest BCUT2D eigenvalue weighted by molar-refractivity contribution is -0.155. The van der Waals surface area contributed by atoms with Gasteiger partial charge in [0.2, 0.25) is 0 Å². The average molecular weight is 394 g/mol. The molecule has 4 rings (SSSR count). The van der Waals surface area contributed by atoms with Crippen LogP contribution in [0.1, 0.15) is 30.9 Å². The summed E-state index contributed by atoms with van der Waals surface area (Å²) >= 11 is 0. The highest BCUT2D eigenvalue weighted by Crippen LogP contribution is 2.30. The van der Waals surface area contributed by atoms with E-state index >= 15 is 0 Å². The number of rotatable bonds is 5. The number of hydrogen-bond acceptors (Lipinski definition) is 5. The molecule has 1 heterocycles. The summed E-state index contributed by atoms with van der Waals surface area (Å²) < 4.78 is 10.8. The van der Waals surface area contributed by atoms with Crippen LogP contribution in [0.3, 0.4) is 0 Å². The van der Waals surface area contributed by atoms with Crippen molar-refractivity contribution in [2.45, 2.75) is 44.8 Å². The number of fused-ring (bicyclic) bond motifs is 2. The molecule has 2 atom stereocenters. The lowest BCUT2D eigenvalue weighted by Gasteiger charge is -2.25. The van der Waals surface area contributed by atoms with Crippen molar-refractivity contribution < 1.29 is 23.9 Å². The number of para-hydroxylation sites is 2. The number of aryl methyl sites for hydroxylation is 2. The van der Waals surface area contributed by atoms with E-state index in [1.54, 1.807) is 24.3 Å². The second kappa shape index (κ2) is 7.95. The van der Waals surface area contributed by atoms with Crippen LogP contribution in [0.4, 0.5) is 11.4 Å². The summed E-state index contributed by atoms with van der Waals surface area (Å²) in [7, 11) is 0. The summed E-state index contributed by atoms with van der Waals surface area (Å²) in [5.41, 5.74) is 3.80. The number of amides is 2. The Morgan fingerprint density at radius 2 is 2.00 bits per heavy atom. The molecule has 1 aliphatic heterocycles. The zero-order valence-corrected chi connectivity index (χ0v) is 16.1. The predicted molar refractivity (Wildman–Crippen MR) is 107 cm³/mol. The Morgan fingerprint density at radius 3 is 2.86 bits per heavy atom. The molecule has 2 aromatic rings. The molecule has 0 aromatic heterocycles. The lowest BCUT2D eigenvalue weighted by atomic mass is 10.1. The van der Waals surface area contributed by atoms with E-state index < -0.39 is 30.0 Å². The molecule has 0 spiro atoms. The van der Waals surface area contributed by atoms with E-state index in [9.17, 15) is 14.4 Å². The highest BCUT2D eigenvalue weighted by atomic mass is 16.6. The average Bonchev–Trinajstić information content (AvgIpc) is 3.16. The van der Waals surface area contributed by atoms with Crippen LogP contribution in [0.15, 0.2) is 42.5 Å². The third-order valence-electron chi connectivity index (χ3n) is 5.10. The molecule has 1 aliphatic carbocycles. The predicted octanol–water partition coefficient (Wildman–Crippen LogP) is 2.84. The van der Waals surface area contributed by atoms with Crippen LogP contribution in [0.25, 0.3) is 0 Å². The van der Waals surface area contributed by atoms with Gasteiger partial charge in [-0.2, -0.15) is 0 Å². The number of nitrogens with one attached hydrogen (secondary N) is 2. The summed E-state index contributed by atoms with van der Waals surface area (Å²) in [5.74, 6) is -1.03. The summed E-state index contributed by atoms with van der Waals surface area (Å²) in [5, 5.41) is 5.47. The van der Waals surface area contributed by atoms with Crippen LogP contribution in [0.2, 0.25) is 0 Å². The van der Waals surface area contributed by atoms with Crippen LogP contribution in [-0.2, 0) is 32.0 Å². The summed E-state index contributed by atoms with van der Waals surface area (Å²) in [6, 6.07) is 12.8. The van der Waals surface area contributed by atoms with Crippen LogP contribution in [0.5, 0.6) is 5.75 Å². The van der Waals surface area contributed by atoms with Gasteiger partial charge in [-0.15, -0.1) is 0 Å². The van der Waals surface area contributed by atoms with Crippen LogP contribution in [-0.4, -0.2) is 30.0 Å². The maximum atomic E-state index is 12.4. The van der Waals surface area contributed by atoms with Gasteiger partial charge in [0.1, 0.15) is 5.75 Å². The molecule has 0 saturated carbocycles. The zero-order chi connectivity index (χ0) is 20.4. The van der Waals surface area contributed by atoms with E-state index in [0.717, 1.165) is 19.3 Å². The monoisotopic (exact) mass is 394 g/mol. The van der Waals surface area contributed by atoms with E-state index in [4.69, 9.17) is 9.47 Å². The molecule has 0 bridgehead atoms. The van der Waals surface area contributed by atoms with Gasteiger partial charge in [0.15, 0.2) is 12.2 Å². The van der Waals surface area contributed by atoms with Gasteiger partial charge in [0.05, 0.1) is 12.1 Å². The molecule has 2 N–H and O–H groups in total. The highest BCUT2D eigenvalue weighted by Gasteiger charge is 2.31. The molecule has 2 aliphatic rings. The number of carbonyl (C=O) groups is 3. The van der Waals surface area contributed by atoms with Crippen molar-refractivity contribution in [3.8, 4) is 5.75 Å². The number of anilines is 2. The Hall–Kier alpha value is -3.35. The van der Waals surface area contributed by atoms with Gasteiger partial charge in [-0.25, -0.2) is 0 Å². The number of benzene rings is 2. The number of hydrogen-bond donors (Lipinski definition) is 2. The Kier molecular flexibility index (Phi) is 5.20. The molecule has 7 heteroatoms. The van der Waals surface area contributed by atoms with Crippen LogP contribution in [0, 0.1) is 0 Å². The van der Waals surface area contributed by atoms with Gasteiger partial charge < -0.3 is 20.1 Å². The minimum absolute atomic E-state index is 0.281. The molecule has 0 saturated heterocycles. The molecular formula is C22H22N2O5. The minimum atomic E-state index is -0.996. The van der Waals surface area contributed by atoms with Gasteiger partial charge in [-0.05, 0) is 61.6 Å². The Bertz CT molecular complexity index is 971. The van der Waals surface area contributed by atoms with Crippen LogP contribution >= 0.6 is 0 Å². The number of ether oxygens (including phenoxy) is 2. The standard InChI is InChI=1S/C22H22N2O5/c1-13(21(26)23-16-10-9-14-5-4-6-15(14)11-16)28-20(25)12-19-22(27)24-17-7-2-3-8-18(17)29-19/h2-3,7-11,13,19H,4-6,12H2,1H3,(H,23,26)(H,24,27)/t13-,19+/m0/s1. The molecular weight excluding hydrogens is 372 g/mol. The highest BCUT2D eigenvalue weighted by molar-refractivity contribution is 6.00. The summed E-state index contributed by atoms with van der Waals surface area (Å²) in [6.45, 7) is 1.50. The fourth-order valence-electron chi connectivity index (χ4n) is 3.57. The lowest BCUT2D eigenvalue weighted by Crippen LogP contribution is -2.40. The molecule has 2 aromatic carbocycles. The molecule has 2 amide bonds. The maximum absolute atomic E-state index is 12.4. The molecule has 0 fully saturated rings. The second-order valence-corrected chi connectivity index (χ2v) is 7.25. The first-order valence-electron chi connectivity index (χ1n) is 9.68. The zero-order valence-electron chi connectivity index (χ0n) is 16.1. The normalized spacial score (nSPS) is 18.0. The molecule has 150 valence electrons. The third-order valence-corrected chi connectivity index (χ3v) is 5.10. The molecule has 29 heavy (non-hydrogen) atoms. The quantitative estimate of drug-likeness (QED) is 0.761. The summed E-state index contributed by atoms with van der Waals surface area (Å²) in [6.07, 6.45) is 0.937. The SMILES string of the molecule is C[C@H](OC(=O)C[C@H]1Oc2ccccc2NC1=O)C(=O)Nc1ccc2c(c1)CCC2. The first-order valence-corrected chi connectivity index (χ1v) is 9.68. The molecule has 0 unspecified atom stereocenters. The Balaban J connectivity index is 1.31. The van der Waals surface area contributed by atoms with Crippen LogP contribution < -0.4 is 15.4 Å².